The molecule has 34 heavy (non-hydrogen) atoms. The number of fused-ring (bicyclic) bond motifs is 3. The summed E-state index contributed by atoms with van der Waals surface area (Å²) in [7, 11) is 0. The standard InChI is InChI=1S/C29H30N2O3/c1-4-33-26-18-21(14-15-25(26)34-20-22-10-6-5-7-11-22)16-17-29-28(2,3)23-12-8-9-13-24(23)31(29)19-27(32)30-29/h5-18H,4,19-20H2,1-3H3,(H,30,32)/t29-/m0/s1. The average molecular weight is 455 g/mol. The molecule has 174 valence electrons. The monoisotopic (exact) mass is 454 g/mol. The van der Waals surface area contributed by atoms with Gasteiger partial charge >= 0.3 is 0 Å². The van der Waals surface area contributed by atoms with Gasteiger partial charge in [0.2, 0.25) is 5.91 Å². The summed E-state index contributed by atoms with van der Waals surface area (Å²) in [6.07, 6.45) is 4.18. The van der Waals surface area contributed by atoms with Gasteiger partial charge in [0.05, 0.1) is 13.2 Å². The van der Waals surface area contributed by atoms with Gasteiger partial charge in [-0.1, -0.05) is 74.5 Å². The fourth-order valence-electron chi connectivity index (χ4n) is 5.11. The summed E-state index contributed by atoms with van der Waals surface area (Å²) in [4.78, 5) is 14.7. The molecular formula is C29H30N2O3. The summed E-state index contributed by atoms with van der Waals surface area (Å²) < 4.78 is 11.9. The highest BCUT2D eigenvalue weighted by Crippen LogP contribution is 2.52. The highest BCUT2D eigenvalue weighted by Gasteiger charge is 2.59. The first-order valence-electron chi connectivity index (χ1n) is 11.8. The molecule has 0 saturated carbocycles. The van der Waals surface area contributed by atoms with Crippen LogP contribution in [-0.2, 0) is 16.8 Å². The molecule has 1 fully saturated rings. The van der Waals surface area contributed by atoms with Gasteiger partial charge in [0.15, 0.2) is 11.5 Å². The lowest BCUT2D eigenvalue weighted by Crippen LogP contribution is -2.58. The largest absolute Gasteiger partial charge is 0.490 e. The van der Waals surface area contributed by atoms with Crippen LogP contribution in [0.25, 0.3) is 6.08 Å². The number of rotatable bonds is 7. The first-order valence-corrected chi connectivity index (χ1v) is 11.8. The highest BCUT2D eigenvalue weighted by molar-refractivity contribution is 5.91. The maximum absolute atomic E-state index is 12.5. The van der Waals surface area contributed by atoms with E-state index < -0.39 is 5.66 Å². The van der Waals surface area contributed by atoms with Gasteiger partial charge in [-0.05, 0) is 47.9 Å². The summed E-state index contributed by atoms with van der Waals surface area (Å²) in [5.74, 6) is 1.46. The Kier molecular flexibility index (Phi) is 5.56. The number of carbonyl (C=O) groups excluding carboxylic acids is 1. The Hall–Kier alpha value is -3.73. The predicted molar refractivity (Wildman–Crippen MR) is 135 cm³/mol. The zero-order valence-electron chi connectivity index (χ0n) is 19.9. The van der Waals surface area contributed by atoms with Gasteiger partial charge in [-0.2, -0.15) is 0 Å². The van der Waals surface area contributed by atoms with Crippen molar-refractivity contribution >= 4 is 17.7 Å². The van der Waals surface area contributed by atoms with Gasteiger partial charge in [0, 0.05) is 11.1 Å². The molecule has 2 heterocycles. The molecule has 0 aliphatic carbocycles. The van der Waals surface area contributed by atoms with Crippen LogP contribution in [0.2, 0.25) is 0 Å². The van der Waals surface area contributed by atoms with Crippen molar-refractivity contribution in [2.45, 2.75) is 38.5 Å². The second kappa shape index (κ2) is 8.56. The normalized spacial score (nSPS) is 20.2. The molecular weight excluding hydrogens is 424 g/mol. The first kappa shape index (κ1) is 22.1. The number of benzene rings is 3. The molecule has 2 aliphatic rings. The Morgan fingerprint density at radius 2 is 1.74 bits per heavy atom. The van der Waals surface area contributed by atoms with Crippen molar-refractivity contribution in [3.8, 4) is 11.5 Å². The van der Waals surface area contributed by atoms with Crippen LogP contribution in [0, 0.1) is 0 Å². The predicted octanol–water partition coefficient (Wildman–Crippen LogP) is 5.30. The van der Waals surface area contributed by atoms with E-state index in [2.05, 4.69) is 54.4 Å². The molecule has 2 aliphatic heterocycles. The van der Waals surface area contributed by atoms with Crippen molar-refractivity contribution in [2.24, 2.45) is 0 Å². The summed E-state index contributed by atoms with van der Waals surface area (Å²) in [5.41, 5.74) is 3.51. The van der Waals surface area contributed by atoms with Crippen molar-refractivity contribution in [1.29, 1.82) is 0 Å². The number of nitrogens with zero attached hydrogens (tertiary/aromatic N) is 1. The minimum Gasteiger partial charge on any atom is -0.490 e. The molecule has 1 atom stereocenters. The van der Waals surface area contributed by atoms with E-state index in [1.54, 1.807) is 0 Å². The van der Waals surface area contributed by atoms with E-state index in [4.69, 9.17) is 9.47 Å². The van der Waals surface area contributed by atoms with Crippen molar-refractivity contribution in [3.05, 3.63) is 95.6 Å². The number of nitrogens with one attached hydrogen (secondary N) is 1. The molecule has 5 rings (SSSR count). The third-order valence-electron chi connectivity index (χ3n) is 6.90. The van der Waals surface area contributed by atoms with Crippen LogP contribution in [-0.4, -0.2) is 24.7 Å². The number of anilines is 1. The molecule has 5 nitrogen and oxygen atoms in total. The van der Waals surface area contributed by atoms with Crippen molar-refractivity contribution in [2.75, 3.05) is 18.1 Å². The highest BCUT2D eigenvalue weighted by atomic mass is 16.5. The van der Waals surface area contributed by atoms with E-state index in [1.165, 1.54) is 5.56 Å². The summed E-state index contributed by atoms with van der Waals surface area (Å²) >= 11 is 0. The van der Waals surface area contributed by atoms with Crippen LogP contribution in [0.15, 0.2) is 78.9 Å². The second-order valence-corrected chi connectivity index (χ2v) is 9.29. The molecule has 0 bridgehead atoms. The molecule has 1 amide bonds. The van der Waals surface area contributed by atoms with E-state index in [9.17, 15) is 4.79 Å². The molecule has 1 N–H and O–H groups in total. The van der Waals surface area contributed by atoms with Crippen LogP contribution >= 0.6 is 0 Å². The zero-order valence-corrected chi connectivity index (χ0v) is 19.9. The van der Waals surface area contributed by atoms with Crippen molar-refractivity contribution in [1.82, 2.24) is 5.32 Å². The number of ether oxygens (including phenoxy) is 2. The summed E-state index contributed by atoms with van der Waals surface area (Å²) in [5, 5.41) is 3.27. The number of hydrogen-bond acceptors (Lipinski definition) is 4. The lowest BCUT2D eigenvalue weighted by molar-refractivity contribution is -0.118. The first-order chi connectivity index (χ1) is 16.4. The zero-order chi connectivity index (χ0) is 23.8. The van der Waals surface area contributed by atoms with E-state index in [-0.39, 0.29) is 11.3 Å². The minimum absolute atomic E-state index is 0.0342. The number of carbonyl (C=O) groups is 1. The second-order valence-electron chi connectivity index (χ2n) is 9.29. The molecule has 0 unspecified atom stereocenters. The average Bonchev–Trinajstić information content (AvgIpc) is 3.28. The molecule has 5 heteroatoms. The van der Waals surface area contributed by atoms with Gasteiger partial charge in [-0.25, -0.2) is 0 Å². The fourth-order valence-corrected chi connectivity index (χ4v) is 5.11. The van der Waals surface area contributed by atoms with E-state index >= 15 is 0 Å². The van der Waals surface area contributed by atoms with Crippen molar-refractivity contribution in [3.63, 3.8) is 0 Å². The van der Waals surface area contributed by atoms with Gasteiger partial charge < -0.3 is 19.7 Å². The Morgan fingerprint density at radius 3 is 2.53 bits per heavy atom. The van der Waals surface area contributed by atoms with Gasteiger partial charge in [-0.3, -0.25) is 4.79 Å². The van der Waals surface area contributed by atoms with Crippen LogP contribution < -0.4 is 19.7 Å². The van der Waals surface area contributed by atoms with Crippen molar-refractivity contribution < 1.29 is 14.3 Å². The van der Waals surface area contributed by atoms with E-state index in [0.717, 1.165) is 16.8 Å². The molecule has 0 radical (unpaired) electrons. The quantitative estimate of drug-likeness (QED) is 0.526. The van der Waals surface area contributed by atoms with Gasteiger partial charge in [-0.15, -0.1) is 0 Å². The van der Waals surface area contributed by atoms with E-state index in [0.29, 0.717) is 31.3 Å². The summed E-state index contributed by atoms with van der Waals surface area (Å²) in [6, 6.07) is 24.4. The Morgan fingerprint density at radius 1 is 0.971 bits per heavy atom. The summed E-state index contributed by atoms with van der Waals surface area (Å²) in [6.45, 7) is 7.72. The molecule has 3 aromatic carbocycles. The third-order valence-corrected chi connectivity index (χ3v) is 6.90. The smallest absolute Gasteiger partial charge is 0.241 e. The Labute approximate surface area is 201 Å². The molecule has 1 saturated heterocycles. The maximum atomic E-state index is 12.5. The SMILES string of the molecule is CCOc1cc(C=C[C@]23NC(=O)CN2c2ccccc2C3(C)C)ccc1OCc1ccccc1. The molecule has 3 aromatic rings. The number of amides is 1. The lowest BCUT2D eigenvalue weighted by Gasteiger charge is -2.40. The fraction of sp³-hybridized carbons (Fsp3) is 0.276. The maximum Gasteiger partial charge on any atom is 0.241 e. The van der Waals surface area contributed by atoms with Crippen LogP contribution in [0.3, 0.4) is 0 Å². The van der Waals surface area contributed by atoms with Crippen LogP contribution in [0.1, 0.15) is 37.5 Å². The number of para-hydroxylation sites is 1. The molecule has 0 spiro atoms. The Bertz CT molecular complexity index is 1240. The topological polar surface area (TPSA) is 50.8 Å². The lowest BCUT2D eigenvalue weighted by atomic mass is 9.75. The third kappa shape index (κ3) is 3.61. The van der Waals surface area contributed by atoms with E-state index in [1.807, 2.05) is 61.5 Å². The number of hydrogen-bond donors (Lipinski definition) is 1. The minimum atomic E-state index is -0.623. The van der Waals surface area contributed by atoms with Gasteiger partial charge in [0.1, 0.15) is 12.3 Å². The van der Waals surface area contributed by atoms with Crippen LogP contribution in [0.4, 0.5) is 5.69 Å². The Balaban J connectivity index is 1.44. The molecule has 0 aromatic heterocycles. The van der Waals surface area contributed by atoms with Crippen LogP contribution in [0.5, 0.6) is 11.5 Å². The van der Waals surface area contributed by atoms with Gasteiger partial charge in [0.25, 0.3) is 0 Å².